The summed E-state index contributed by atoms with van der Waals surface area (Å²) < 4.78 is 38.1. The van der Waals surface area contributed by atoms with Gasteiger partial charge in [-0.1, -0.05) is 25.1 Å². The van der Waals surface area contributed by atoms with Crippen molar-refractivity contribution < 1.29 is 22.7 Å². The number of benzene rings is 2. The SMILES string of the molecule is CCC(OC)C(=O)Nc1cc(S(=O)(=O)N(CC)c2ccccc2)ccc1OC. The number of carbonyl (C=O) groups excluding carboxylic acids is 1. The summed E-state index contributed by atoms with van der Waals surface area (Å²) in [6, 6.07) is 13.2. The number of para-hydroxylation sites is 1. The molecule has 2 rings (SSSR count). The number of anilines is 2. The summed E-state index contributed by atoms with van der Waals surface area (Å²) in [4.78, 5) is 12.4. The molecule has 8 heteroatoms. The van der Waals surface area contributed by atoms with Crippen LogP contribution in [0.5, 0.6) is 5.75 Å². The van der Waals surface area contributed by atoms with Gasteiger partial charge in [0, 0.05) is 13.7 Å². The van der Waals surface area contributed by atoms with E-state index < -0.39 is 16.1 Å². The zero-order valence-electron chi connectivity index (χ0n) is 16.5. The molecule has 0 saturated carbocycles. The first-order chi connectivity index (χ1) is 13.4. The van der Waals surface area contributed by atoms with Crippen LogP contribution in [-0.4, -0.2) is 41.2 Å². The van der Waals surface area contributed by atoms with Gasteiger partial charge < -0.3 is 14.8 Å². The topological polar surface area (TPSA) is 84.9 Å². The van der Waals surface area contributed by atoms with E-state index in [0.29, 0.717) is 17.9 Å². The van der Waals surface area contributed by atoms with Crippen LogP contribution in [0.25, 0.3) is 0 Å². The van der Waals surface area contributed by atoms with Gasteiger partial charge in [-0.2, -0.15) is 0 Å². The van der Waals surface area contributed by atoms with Crippen LogP contribution in [-0.2, 0) is 19.6 Å². The largest absolute Gasteiger partial charge is 0.495 e. The highest BCUT2D eigenvalue weighted by molar-refractivity contribution is 7.92. The molecule has 1 N–H and O–H groups in total. The highest BCUT2D eigenvalue weighted by Gasteiger charge is 2.25. The summed E-state index contributed by atoms with van der Waals surface area (Å²) in [5, 5.41) is 2.70. The summed E-state index contributed by atoms with van der Waals surface area (Å²) in [6.07, 6.45) is -0.151. The van der Waals surface area contributed by atoms with Crippen molar-refractivity contribution in [3.05, 3.63) is 48.5 Å². The van der Waals surface area contributed by atoms with E-state index in [-0.39, 0.29) is 23.0 Å². The number of rotatable bonds is 9. The zero-order chi connectivity index (χ0) is 20.7. The number of sulfonamides is 1. The number of nitrogens with one attached hydrogen (secondary N) is 1. The summed E-state index contributed by atoms with van der Waals surface area (Å²) in [5.41, 5.74) is 0.838. The first-order valence-corrected chi connectivity index (χ1v) is 10.4. The van der Waals surface area contributed by atoms with Gasteiger partial charge in [0.05, 0.1) is 23.4 Å². The first kappa shape index (κ1) is 21.7. The summed E-state index contributed by atoms with van der Waals surface area (Å²) >= 11 is 0. The Labute approximate surface area is 166 Å². The van der Waals surface area contributed by atoms with E-state index in [9.17, 15) is 13.2 Å². The molecule has 0 bridgehead atoms. The lowest BCUT2D eigenvalue weighted by Crippen LogP contribution is -2.31. The van der Waals surface area contributed by atoms with Gasteiger partial charge in [-0.05, 0) is 43.7 Å². The Kier molecular flexibility index (Phi) is 7.42. The molecule has 7 nitrogen and oxygen atoms in total. The second-order valence-electron chi connectivity index (χ2n) is 5.99. The average Bonchev–Trinajstić information content (AvgIpc) is 2.70. The smallest absolute Gasteiger partial charge is 0.264 e. The fraction of sp³-hybridized carbons (Fsp3) is 0.350. The molecule has 2 aromatic carbocycles. The Morgan fingerprint density at radius 1 is 1.11 bits per heavy atom. The standard InChI is InChI=1S/C20H26N2O5S/c1-5-18(26-3)20(23)21-17-14-16(12-13-19(17)27-4)28(24,25)22(6-2)15-10-8-7-9-11-15/h7-14,18H,5-6H2,1-4H3,(H,21,23). The highest BCUT2D eigenvalue weighted by atomic mass is 32.2. The van der Waals surface area contributed by atoms with Crippen molar-refractivity contribution in [2.75, 3.05) is 30.4 Å². The molecule has 152 valence electrons. The number of ether oxygens (including phenoxy) is 2. The molecule has 0 aliphatic heterocycles. The second-order valence-corrected chi connectivity index (χ2v) is 7.85. The van der Waals surface area contributed by atoms with Gasteiger partial charge in [-0.15, -0.1) is 0 Å². The lowest BCUT2D eigenvalue weighted by atomic mass is 10.2. The zero-order valence-corrected chi connectivity index (χ0v) is 17.3. The third kappa shape index (κ3) is 4.63. The molecule has 0 spiro atoms. The van der Waals surface area contributed by atoms with Crippen molar-refractivity contribution in [2.45, 2.75) is 31.3 Å². The Hall–Kier alpha value is -2.58. The maximum absolute atomic E-state index is 13.2. The van der Waals surface area contributed by atoms with Gasteiger partial charge in [-0.3, -0.25) is 9.10 Å². The lowest BCUT2D eigenvalue weighted by Gasteiger charge is -2.23. The summed E-state index contributed by atoms with van der Waals surface area (Å²) in [5.74, 6) is -0.00530. The van der Waals surface area contributed by atoms with Gasteiger partial charge in [0.1, 0.15) is 11.9 Å². The van der Waals surface area contributed by atoms with Crippen LogP contribution in [0.15, 0.2) is 53.4 Å². The Bertz CT molecular complexity index is 896. The molecule has 1 amide bonds. The maximum atomic E-state index is 13.2. The van der Waals surface area contributed by atoms with Gasteiger partial charge in [0.15, 0.2) is 0 Å². The number of amides is 1. The number of nitrogens with zero attached hydrogens (tertiary/aromatic N) is 1. The Morgan fingerprint density at radius 2 is 1.79 bits per heavy atom. The van der Waals surface area contributed by atoms with Crippen molar-refractivity contribution in [1.29, 1.82) is 0 Å². The molecular weight excluding hydrogens is 380 g/mol. The molecule has 1 unspecified atom stereocenters. The van der Waals surface area contributed by atoms with Gasteiger partial charge in [0.2, 0.25) is 0 Å². The molecule has 0 fully saturated rings. The van der Waals surface area contributed by atoms with Gasteiger partial charge in [-0.25, -0.2) is 8.42 Å². The van der Waals surface area contributed by atoms with Crippen LogP contribution < -0.4 is 14.4 Å². The lowest BCUT2D eigenvalue weighted by molar-refractivity contribution is -0.125. The molecule has 0 aliphatic carbocycles. The summed E-state index contributed by atoms with van der Waals surface area (Å²) in [6.45, 7) is 3.85. The normalized spacial score (nSPS) is 12.3. The first-order valence-electron chi connectivity index (χ1n) is 8.98. The monoisotopic (exact) mass is 406 g/mol. The van der Waals surface area contributed by atoms with Crippen LogP contribution in [0.1, 0.15) is 20.3 Å². The third-order valence-corrected chi connectivity index (χ3v) is 6.19. The molecule has 0 heterocycles. The van der Waals surface area contributed by atoms with E-state index in [1.54, 1.807) is 31.2 Å². The van der Waals surface area contributed by atoms with Crippen LogP contribution in [0.3, 0.4) is 0 Å². The predicted octanol–water partition coefficient (Wildman–Crippen LogP) is 3.27. The van der Waals surface area contributed by atoms with Crippen molar-refractivity contribution in [2.24, 2.45) is 0 Å². The fourth-order valence-electron chi connectivity index (χ4n) is 2.83. The minimum atomic E-state index is -3.82. The van der Waals surface area contributed by atoms with Crippen LogP contribution in [0.2, 0.25) is 0 Å². The van der Waals surface area contributed by atoms with Crippen molar-refractivity contribution in [1.82, 2.24) is 0 Å². The van der Waals surface area contributed by atoms with Crippen molar-refractivity contribution in [3.8, 4) is 5.75 Å². The van der Waals surface area contributed by atoms with E-state index in [1.165, 1.54) is 36.7 Å². The quantitative estimate of drug-likeness (QED) is 0.691. The van der Waals surface area contributed by atoms with E-state index in [2.05, 4.69) is 5.32 Å². The minimum Gasteiger partial charge on any atom is -0.495 e. The van der Waals surface area contributed by atoms with Gasteiger partial charge >= 0.3 is 0 Å². The number of carbonyl (C=O) groups is 1. The van der Waals surface area contributed by atoms with Crippen LogP contribution in [0.4, 0.5) is 11.4 Å². The minimum absolute atomic E-state index is 0.0553. The van der Waals surface area contributed by atoms with Crippen molar-refractivity contribution >= 4 is 27.3 Å². The van der Waals surface area contributed by atoms with Crippen molar-refractivity contribution in [3.63, 3.8) is 0 Å². The molecule has 28 heavy (non-hydrogen) atoms. The molecule has 0 aliphatic rings. The fourth-order valence-corrected chi connectivity index (χ4v) is 4.33. The van der Waals surface area contributed by atoms with Crippen LogP contribution >= 0.6 is 0 Å². The number of hydrogen-bond donors (Lipinski definition) is 1. The third-order valence-electron chi connectivity index (χ3n) is 4.30. The van der Waals surface area contributed by atoms with E-state index in [0.717, 1.165) is 0 Å². The Balaban J connectivity index is 2.44. The number of methoxy groups -OCH3 is 2. The van der Waals surface area contributed by atoms with Gasteiger partial charge in [0.25, 0.3) is 15.9 Å². The molecule has 0 saturated heterocycles. The predicted molar refractivity (Wildman–Crippen MR) is 109 cm³/mol. The maximum Gasteiger partial charge on any atom is 0.264 e. The molecule has 0 aromatic heterocycles. The highest BCUT2D eigenvalue weighted by Crippen LogP contribution is 2.31. The molecule has 2 aromatic rings. The van der Waals surface area contributed by atoms with E-state index >= 15 is 0 Å². The average molecular weight is 407 g/mol. The Morgan fingerprint density at radius 3 is 2.32 bits per heavy atom. The number of hydrogen-bond acceptors (Lipinski definition) is 5. The van der Waals surface area contributed by atoms with E-state index in [1.807, 2.05) is 13.0 Å². The van der Waals surface area contributed by atoms with Crippen LogP contribution in [0, 0.1) is 0 Å². The summed E-state index contributed by atoms with van der Waals surface area (Å²) in [7, 11) is -0.921. The molecule has 1 atom stereocenters. The second kappa shape index (κ2) is 9.57. The molecule has 0 radical (unpaired) electrons. The van der Waals surface area contributed by atoms with E-state index in [4.69, 9.17) is 9.47 Å². The molecular formula is C20H26N2O5S.